The van der Waals surface area contributed by atoms with Crippen LogP contribution in [0.1, 0.15) is 159 Å². The maximum Gasteiger partial charge on any atom is 0.450 e. The summed E-state index contributed by atoms with van der Waals surface area (Å²) in [6.45, 7) is 6.19. The third-order valence-corrected chi connectivity index (χ3v) is 8.58. The van der Waals surface area contributed by atoms with Crippen molar-refractivity contribution in [3.63, 3.8) is 0 Å². The molecule has 0 aliphatic rings. The van der Waals surface area contributed by atoms with Crippen molar-refractivity contribution in [2.24, 2.45) is 0 Å². The maximum absolute atomic E-state index is 13.8. The van der Waals surface area contributed by atoms with Gasteiger partial charge in [-0.1, -0.05) is 129 Å². The minimum Gasteiger partial charge on any atom is -0.494 e. The molecule has 2 aromatic rings. The van der Waals surface area contributed by atoms with Gasteiger partial charge in [0.25, 0.3) is 0 Å². The maximum atomic E-state index is 13.8. The molecule has 45 heavy (non-hydrogen) atoms. The number of aldehydes is 1. The molecule has 1 aromatic carbocycles. The van der Waals surface area contributed by atoms with Gasteiger partial charge in [-0.3, -0.25) is 9.36 Å². The van der Waals surface area contributed by atoms with Crippen molar-refractivity contribution >= 4 is 12.0 Å². The topological polar surface area (TPSA) is 67.6 Å². The minimum atomic E-state index is -4.88. The van der Waals surface area contributed by atoms with E-state index in [2.05, 4.69) is 23.7 Å². The molecular formula is C36H58F3N3O3. The number of halogens is 3. The molecule has 1 heterocycles. The molecule has 9 heteroatoms. The van der Waals surface area contributed by atoms with Crippen LogP contribution in [0.2, 0.25) is 0 Å². The van der Waals surface area contributed by atoms with Gasteiger partial charge in [0.05, 0.1) is 12.8 Å². The van der Waals surface area contributed by atoms with Crippen LogP contribution in [0.15, 0.2) is 18.2 Å². The normalized spacial score (nSPS) is 11.7. The molecule has 0 aliphatic heterocycles. The van der Waals surface area contributed by atoms with Gasteiger partial charge in [0.1, 0.15) is 5.75 Å². The van der Waals surface area contributed by atoms with Crippen LogP contribution in [0.3, 0.4) is 0 Å². The van der Waals surface area contributed by atoms with E-state index in [1.54, 1.807) is 12.1 Å². The van der Waals surface area contributed by atoms with Crippen molar-refractivity contribution in [2.75, 3.05) is 25.1 Å². The van der Waals surface area contributed by atoms with Crippen molar-refractivity contribution in [3.05, 3.63) is 29.7 Å². The van der Waals surface area contributed by atoms with Crippen molar-refractivity contribution in [1.29, 1.82) is 0 Å². The minimum absolute atomic E-state index is 0.0236. The number of rotatable bonds is 26. The molecule has 0 bridgehead atoms. The average Bonchev–Trinajstić information content (AvgIpc) is 3.37. The molecule has 0 amide bonds. The van der Waals surface area contributed by atoms with Gasteiger partial charge in [-0.25, -0.2) is 4.98 Å². The number of aromatic nitrogens is 2. The average molecular weight is 638 g/mol. The molecule has 0 fully saturated rings. The first-order valence-corrected chi connectivity index (χ1v) is 17.6. The lowest BCUT2D eigenvalue weighted by molar-refractivity contribution is -0.146. The lowest BCUT2D eigenvalue weighted by Gasteiger charge is -2.26. The Morgan fingerprint density at radius 2 is 1.22 bits per heavy atom. The summed E-state index contributed by atoms with van der Waals surface area (Å²) in [4.78, 5) is 16.9. The molecule has 0 aliphatic carbocycles. The van der Waals surface area contributed by atoms with Crippen molar-refractivity contribution < 1.29 is 27.8 Å². The third-order valence-electron chi connectivity index (χ3n) is 8.58. The molecule has 0 unspecified atom stereocenters. The van der Waals surface area contributed by atoms with E-state index in [1.807, 2.05) is 0 Å². The predicted molar refractivity (Wildman–Crippen MR) is 178 cm³/mol. The van der Waals surface area contributed by atoms with Crippen LogP contribution in [0.4, 0.5) is 18.9 Å². The molecule has 0 saturated heterocycles. The van der Waals surface area contributed by atoms with Crippen molar-refractivity contribution in [1.82, 2.24) is 9.55 Å². The van der Waals surface area contributed by atoms with Crippen molar-refractivity contribution in [3.8, 4) is 17.3 Å². The van der Waals surface area contributed by atoms with Gasteiger partial charge in [0.15, 0.2) is 12.0 Å². The summed E-state index contributed by atoms with van der Waals surface area (Å²) >= 11 is 0. The Kier molecular flexibility index (Phi) is 18.7. The number of hydrogen-bond donors (Lipinski definition) is 1. The quantitative estimate of drug-likeness (QED) is 0.0821. The first-order chi connectivity index (χ1) is 21.8. The highest BCUT2D eigenvalue weighted by molar-refractivity contribution is 5.76. The number of carbonyl (C=O) groups excluding carboxylic acids is 1. The molecule has 0 atom stereocenters. The van der Waals surface area contributed by atoms with E-state index in [1.165, 1.54) is 116 Å². The number of hydrogen-bond acceptors (Lipinski definition) is 5. The highest BCUT2D eigenvalue weighted by Crippen LogP contribution is 2.39. The van der Waals surface area contributed by atoms with Crippen LogP contribution >= 0.6 is 0 Å². The summed E-state index contributed by atoms with van der Waals surface area (Å²) < 4.78 is 47.4. The monoisotopic (exact) mass is 637 g/mol. The zero-order chi connectivity index (χ0) is 32.9. The van der Waals surface area contributed by atoms with E-state index < -0.39 is 23.6 Å². The molecule has 2 rings (SSSR count). The largest absolute Gasteiger partial charge is 0.494 e. The number of carbonyl (C=O) groups is 1. The van der Waals surface area contributed by atoms with Gasteiger partial charge in [-0.15, -0.1) is 0 Å². The highest BCUT2D eigenvalue weighted by Gasteiger charge is 2.40. The van der Waals surface area contributed by atoms with Crippen LogP contribution in [0.25, 0.3) is 5.69 Å². The number of ether oxygens (including phenoxy) is 1. The first kappa shape index (κ1) is 38.5. The zero-order valence-corrected chi connectivity index (χ0v) is 28.1. The summed E-state index contributed by atoms with van der Waals surface area (Å²) in [5.41, 5.74) is 0.174. The lowest BCUT2D eigenvalue weighted by Crippen LogP contribution is -2.26. The number of benzene rings is 1. The number of nitrogens with zero attached hydrogens (tertiary/aromatic N) is 3. The molecule has 6 nitrogen and oxygen atoms in total. The number of imidazole rings is 1. The Morgan fingerprint density at radius 3 is 1.62 bits per heavy atom. The number of aromatic hydroxyl groups is 1. The Balaban J connectivity index is 2.07. The second-order valence-corrected chi connectivity index (χ2v) is 12.3. The molecule has 256 valence electrons. The van der Waals surface area contributed by atoms with E-state index in [-0.39, 0.29) is 17.7 Å². The van der Waals surface area contributed by atoms with Crippen LogP contribution in [-0.2, 0) is 6.18 Å². The van der Waals surface area contributed by atoms with Gasteiger partial charge >= 0.3 is 6.18 Å². The van der Waals surface area contributed by atoms with Crippen LogP contribution < -0.4 is 9.64 Å². The fourth-order valence-electron chi connectivity index (χ4n) is 5.92. The number of alkyl halides is 3. The fourth-order valence-corrected chi connectivity index (χ4v) is 5.92. The smallest absolute Gasteiger partial charge is 0.450 e. The van der Waals surface area contributed by atoms with Gasteiger partial charge in [-0.05, 0) is 25.0 Å². The Labute approximate surface area is 269 Å². The zero-order valence-electron chi connectivity index (χ0n) is 28.1. The number of anilines is 1. The second kappa shape index (κ2) is 21.9. The van der Waals surface area contributed by atoms with Gasteiger partial charge in [0.2, 0.25) is 11.7 Å². The van der Waals surface area contributed by atoms with E-state index >= 15 is 0 Å². The summed E-state index contributed by atoms with van der Waals surface area (Å²) in [6.07, 6.45) is 20.3. The molecule has 1 aromatic heterocycles. The molecule has 0 radical (unpaired) electrons. The molecule has 0 spiro atoms. The molecule has 0 saturated carbocycles. The van der Waals surface area contributed by atoms with Crippen molar-refractivity contribution in [2.45, 2.75) is 148 Å². The summed E-state index contributed by atoms with van der Waals surface area (Å²) in [7, 11) is 1.39. The Hall–Kier alpha value is -2.71. The van der Waals surface area contributed by atoms with Gasteiger partial charge in [-0.2, -0.15) is 13.2 Å². The summed E-state index contributed by atoms with van der Waals surface area (Å²) in [6, 6.07) is 5.00. The van der Waals surface area contributed by atoms with E-state index in [9.17, 15) is 23.1 Å². The number of methoxy groups -OCH3 is 1. The summed E-state index contributed by atoms with van der Waals surface area (Å²) in [5.74, 6) is -2.07. The Morgan fingerprint density at radius 1 is 0.778 bits per heavy atom. The lowest BCUT2D eigenvalue weighted by atomic mass is 10.1. The fraction of sp³-hybridized carbons (Fsp3) is 0.722. The van der Waals surface area contributed by atoms with E-state index in [0.717, 1.165) is 44.5 Å². The van der Waals surface area contributed by atoms with Gasteiger partial charge < -0.3 is 14.7 Å². The van der Waals surface area contributed by atoms with E-state index in [0.29, 0.717) is 4.57 Å². The second-order valence-electron chi connectivity index (χ2n) is 12.3. The predicted octanol–water partition coefficient (Wildman–Crippen LogP) is 11.1. The third kappa shape index (κ3) is 13.7. The van der Waals surface area contributed by atoms with Crippen LogP contribution in [0, 0.1) is 0 Å². The number of unbranched alkanes of at least 4 members (excludes halogenated alkanes) is 18. The summed E-state index contributed by atoms with van der Waals surface area (Å²) in [5, 5.41) is 10.4. The SMILES string of the molecule is CCCCCCCCCCCCN(CCCCCCCCCCCC)c1ccc(-n2c(C(F)(F)F)nc(C=O)c2O)c(OC)c1. The first-order valence-electron chi connectivity index (χ1n) is 17.6. The van der Waals surface area contributed by atoms with Crippen LogP contribution in [0.5, 0.6) is 11.6 Å². The standard InChI is InChI=1S/C36H58F3N3O3/c1-4-6-8-10-12-14-16-18-20-22-26-41(27-23-21-19-17-15-13-11-9-7-5-2)30-24-25-32(33(28-30)45-3)42-34(44)31(29-43)40-35(42)36(37,38)39/h24-25,28-29,44H,4-23,26-27H2,1-3H3. The van der Waals surface area contributed by atoms with E-state index in [4.69, 9.17) is 4.74 Å². The molecule has 1 N–H and O–H groups in total. The van der Waals surface area contributed by atoms with Gasteiger partial charge in [0, 0.05) is 24.8 Å². The highest BCUT2D eigenvalue weighted by atomic mass is 19.4. The molecular weight excluding hydrogens is 579 g/mol. The Bertz CT molecular complexity index is 1060. The van der Waals surface area contributed by atoms with Crippen LogP contribution in [-0.4, -0.2) is 41.1 Å².